The normalized spacial score (nSPS) is 25.5. The van der Waals surface area contributed by atoms with Crippen molar-refractivity contribution in [3.63, 3.8) is 0 Å². The second-order valence-electron chi connectivity index (χ2n) is 6.64. The van der Waals surface area contributed by atoms with E-state index >= 15 is 0 Å². The van der Waals surface area contributed by atoms with Crippen molar-refractivity contribution in [2.24, 2.45) is 13.0 Å². The molecule has 1 saturated carbocycles. The van der Waals surface area contributed by atoms with Gasteiger partial charge in [-0.05, 0) is 31.6 Å². The van der Waals surface area contributed by atoms with Gasteiger partial charge >= 0.3 is 0 Å². The second kappa shape index (κ2) is 6.34. The van der Waals surface area contributed by atoms with Crippen LogP contribution in [0.2, 0.25) is 0 Å². The zero-order valence-electron chi connectivity index (χ0n) is 13.1. The van der Waals surface area contributed by atoms with Crippen molar-refractivity contribution < 1.29 is 14.6 Å². The molecule has 7 nitrogen and oxygen atoms in total. The number of hydrogen-bond donors (Lipinski definition) is 1. The van der Waals surface area contributed by atoms with E-state index in [1.165, 1.54) is 12.8 Å². The third kappa shape index (κ3) is 3.84. The molecule has 1 aromatic heterocycles. The Balaban J connectivity index is 1.53. The number of amides is 1. The Morgan fingerprint density at radius 2 is 2.36 bits per heavy atom. The predicted octanol–water partition coefficient (Wildman–Crippen LogP) is 0.138. The van der Waals surface area contributed by atoms with Gasteiger partial charge < -0.3 is 19.3 Å². The van der Waals surface area contributed by atoms with Crippen molar-refractivity contribution in [1.82, 2.24) is 19.7 Å². The first-order chi connectivity index (χ1) is 10.6. The number of aliphatic hydroxyl groups is 1. The Morgan fingerprint density at radius 3 is 3.05 bits per heavy atom. The highest BCUT2D eigenvalue weighted by atomic mass is 16.5. The highest BCUT2D eigenvalue weighted by molar-refractivity contribution is 5.77. The molecular weight excluding hydrogens is 284 g/mol. The topological polar surface area (TPSA) is 80.5 Å². The van der Waals surface area contributed by atoms with Gasteiger partial charge in [0.25, 0.3) is 0 Å². The quantitative estimate of drug-likeness (QED) is 0.808. The van der Waals surface area contributed by atoms with Crippen molar-refractivity contribution in [3.05, 3.63) is 12.2 Å². The molecule has 3 rings (SSSR count). The van der Waals surface area contributed by atoms with Gasteiger partial charge in [0.05, 0.1) is 12.2 Å². The van der Waals surface area contributed by atoms with Crippen LogP contribution in [0.25, 0.3) is 0 Å². The van der Waals surface area contributed by atoms with Gasteiger partial charge in [0.15, 0.2) is 0 Å². The Kier molecular flexibility index (Phi) is 4.44. The first-order valence-electron chi connectivity index (χ1n) is 7.96. The molecule has 7 heteroatoms. The summed E-state index contributed by atoms with van der Waals surface area (Å²) in [6.45, 7) is 1.83. The van der Waals surface area contributed by atoms with Crippen molar-refractivity contribution in [2.45, 2.75) is 37.7 Å². The predicted molar refractivity (Wildman–Crippen MR) is 79.0 cm³/mol. The monoisotopic (exact) mass is 308 g/mol. The summed E-state index contributed by atoms with van der Waals surface area (Å²) >= 11 is 0. The summed E-state index contributed by atoms with van der Waals surface area (Å²) in [6, 6.07) is 0. The molecule has 2 aliphatic rings. The number of aryl methyl sites for hydroxylation is 1. The van der Waals surface area contributed by atoms with E-state index in [9.17, 15) is 9.90 Å². The highest BCUT2D eigenvalue weighted by Crippen LogP contribution is 2.29. The number of likely N-dealkylation sites (tertiary alicyclic amines) is 1. The molecule has 0 aromatic carbocycles. The molecule has 0 spiro atoms. The Hall–Kier alpha value is -1.47. The van der Waals surface area contributed by atoms with Gasteiger partial charge in [-0.15, -0.1) is 10.2 Å². The summed E-state index contributed by atoms with van der Waals surface area (Å²) in [4.78, 5) is 13.9. The summed E-state index contributed by atoms with van der Waals surface area (Å²) in [6.07, 6.45) is 5.94. The van der Waals surface area contributed by atoms with Gasteiger partial charge in [0, 0.05) is 26.6 Å². The summed E-state index contributed by atoms with van der Waals surface area (Å²) in [5.74, 6) is 1.36. The fourth-order valence-electron chi connectivity index (χ4n) is 2.92. The number of ether oxygens (including phenoxy) is 1. The first-order valence-corrected chi connectivity index (χ1v) is 7.96. The van der Waals surface area contributed by atoms with Gasteiger partial charge in [-0.25, -0.2) is 0 Å². The maximum absolute atomic E-state index is 12.2. The van der Waals surface area contributed by atoms with E-state index in [2.05, 4.69) is 10.2 Å². The second-order valence-corrected chi connectivity index (χ2v) is 6.64. The number of nitrogens with zero attached hydrogens (tertiary/aromatic N) is 4. The van der Waals surface area contributed by atoms with Crippen LogP contribution in [-0.2, 0) is 23.0 Å². The molecule has 22 heavy (non-hydrogen) atoms. The number of β-amino-alcohol motifs (C(OH)–C–C–N with tert-alkyl or cyclic N) is 1. The summed E-state index contributed by atoms with van der Waals surface area (Å²) in [5.41, 5.74) is -0.925. The number of piperidine rings is 1. The van der Waals surface area contributed by atoms with Gasteiger partial charge in [0.2, 0.25) is 5.91 Å². The van der Waals surface area contributed by atoms with E-state index in [1.807, 2.05) is 7.05 Å². The van der Waals surface area contributed by atoms with E-state index in [-0.39, 0.29) is 12.5 Å². The zero-order chi connectivity index (χ0) is 15.6. The van der Waals surface area contributed by atoms with E-state index in [4.69, 9.17) is 4.74 Å². The Morgan fingerprint density at radius 1 is 1.55 bits per heavy atom. The number of carbonyl (C=O) groups excluding carboxylic acids is 1. The van der Waals surface area contributed by atoms with Crippen molar-refractivity contribution in [2.75, 3.05) is 26.3 Å². The minimum atomic E-state index is -0.925. The smallest absolute Gasteiger partial charge is 0.248 e. The number of hydrogen-bond acceptors (Lipinski definition) is 5. The molecule has 2 fully saturated rings. The molecule has 0 bridgehead atoms. The van der Waals surface area contributed by atoms with Gasteiger partial charge in [0.1, 0.15) is 18.8 Å². The lowest BCUT2D eigenvalue weighted by molar-refractivity contribution is -0.143. The van der Waals surface area contributed by atoms with Crippen LogP contribution >= 0.6 is 0 Å². The lowest BCUT2D eigenvalue weighted by Crippen LogP contribution is -2.52. The standard InChI is InChI=1S/C15H24N4O3/c1-18-11-16-17-13(18)7-15(21)5-2-6-19(10-15)14(20)9-22-8-12-3-4-12/h11-12,21H,2-10H2,1H3. The van der Waals surface area contributed by atoms with E-state index in [1.54, 1.807) is 15.8 Å². The third-order valence-electron chi connectivity index (χ3n) is 4.48. The average Bonchev–Trinajstić information content (AvgIpc) is 3.22. The zero-order valence-corrected chi connectivity index (χ0v) is 13.1. The Bertz CT molecular complexity index is 529. The molecule has 1 aliphatic heterocycles. The summed E-state index contributed by atoms with van der Waals surface area (Å²) < 4.78 is 7.27. The van der Waals surface area contributed by atoms with Crippen LogP contribution in [-0.4, -0.2) is 62.6 Å². The minimum Gasteiger partial charge on any atom is -0.388 e. The molecule has 1 amide bonds. The van der Waals surface area contributed by atoms with Gasteiger partial charge in [-0.2, -0.15) is 0 Å². The molecule has 1 atom stereocenters. The van der Waals surface area contributed by atoms with Gasteiger partial charge in [-0.1, -0.05) is 0 Å². The fraction of sp³-hybridized carbons (Fsp3) is 0.800. The van der Waals surface area contributed by atoms with Crippen LogP contribution in [0.4, 0.5) is 0 Å². The third-order valence-corrected chi connectivity index (χ3v) is 4.48. The number of rotatable bonds is 6. The SMILES string of the molecule is Cn1cnnc1CC1(O)CCCN(C(=O)COCC2CC2)C1. The lowest BCUT2D eigenvalue weighted by atomic mass is 9.89. The van der Waals surface area contributed by atoms with Gasteiger partial charge in [-0.3, -0.25) is 4.79 Å². The van der Waals surface area contributed by atoms with Crippen LogP contribution in [0, 0.1) is 5.92 Å². The minimum absolute atomic E-state index is 0.0308. The maximum atomic E-state index is 12.2. The van der Waals surface area contributed by atoms with Crippen LogP contribution in [0.15, 0.2) is 6.33 Å². The molecule has 1 aliphatic carbocycles. The van der Waals surface area contributed by atoms with Crippen LogP contribution in [0.5, 0.6) is 0 Å². The summed E-state index contributed by atoms with van der Waals surface area (Å²) in [7, 11) is 1.86. The number of aromatic nitrogens is 3. The molecular formula is C15H24N4O3. The van der Waals surface area contributed by atoms with E-state index in [0.29, 0.717) is 38.5 Å². The van der Waals surface area contributed by atoms with Crippen LogP contribution < -0.4 is 0 Å². The molecule has 0 radical (unpaired) electrons. The first kappa shape index (κ1) is 15.4. The lowest BCUT2D eigenvalue weighted by Gasteiger charge is -2.39. The molecule has 1 saturated heterocycles. The molecule has 1 unspecified atom stereocenters. The molecule has 1 aromatic rings. The van der Waals surface area contributed by atoms with Crippen molar-refractivity contribution >= 4 is 5.91 Å². The van der Waals surface area contributed by atoms with E-state index < -0.39 is 5.60 Å². The van der Waals surface area contributed by atoms with Crippen molar-refractivity contribution in [3.8, 4) is 0 Å². The number of carbonyl (C=O) groups is 1. The van der Waals surface area contributed by atoms with Crippen molar-refractivity contribution in [1.29, 1.82) is 0 Å². The van der Waals surface area contributed by atoms with Crippen LogP contribution in [0.1, 0.15) is 31.5 Å². The maximum Gasteiger partial charge on any atom is 0.248 e. The molecule has 2 heterocycles. The fourth-order valence-corrected chi connectivity index (χ4v) is 2.92. The Labute approximate surface area is 130 Å². The van der Waals surface area contributed by atoms with Crippen LogP contribution in [0.3, 0.4) is 0 Å². The average molecular weight is 308 g/mol. The largest absolute Gasteiger partial charge is 0.388 e. The highest BCUT2D eigenvalue weighted by Gasteiger charge is 2.36. The van der Waals surface area contributed by atoms with E-state index in [0.717, 1.165) is 12.2 Å². The summed E-state index contributed by atoms with van der Waals surface area (Å²) in [5, 5.41) is 18.7. The molecule has 1 N–H and O–H groups in total. The molecule has 122 valence electrons.